The summed E-state index contributed by atoms with van der Waals surface area (Å²) in [6.45, 7) is 7.57. The van der Waals surface area contributed by atoms with Crippen LogP contribution in [-0.2, 0) is 4.79 Å². The van der Waals surface area contributed by atoms with Crippen molar-refractivity contribution < 1.29 is 4.79 Å². The molecular formula is C14H24N4O. The summed E-state index contributed by atoms with van der Waals surface area (Å²) < 4.78 is 1.84. The highest BCUT2D eigenvalue weighted by Crippen LogP contribution is 2.17. The number of hydrogen-bond acceptors (Lipinski definition) is 3. The molecule has 1 aliphatic rings. The molecule has 1 aromatic rings. The maximum absolute atomic E-state index is 12.5. The predicted molar refractivity (Wildman–Crippen MR) is 75.1 cm³/mol. The number of nitrogens with one attached hydrogen (secondary N) is 1. The zero-order valence-corrected chi connectivity index (χ0v) is 12.3. The molecule has 0 saturated carbocycles. The lowest BCUT2D eigenvalue weighted by molar-refractivity contribution is -0.135. The third-order valence-electron chi connectivity index (χ3n) is 3.98. The summed E-state index contributed by atoms with van der Waals surface area (Å²) >= 11 is 0. The number of aryl methyl sites for hydroxylation is 2. The first-order chi connectivity index (χ1) is 9.02. The van der Waals surface area contributed by atoms with Crippen molar-refractivity contribution in [2.45, 2.75) is 45.7 Å². The van der Waals surface area contributed by atoms with E-state index >= 15 is 0 Å². The Morgan fingerprint density at radius 2 is 2.05 bits per heavy atom. The van der Waals surface area contributed by atoms with Gasteiger partial charge in [0.05, 0.1) is 5.69 Å². The molecule has 1 atom stereocenters. The van der Waals surface area contributed by atoms with Gasteiger partial charge < -0.3 is 10.2 Å². The van der Waals surface area contributed by atoms with Crippen LogP contribution in [0.25, 0.3) is 0 Å². The number of piperidine rings is 1. The first-order valence-corrected chi connectivity index (χ1v) is 7.01. The molecule has 5 heteroatoms. The summed E-state index contributed by atoms with van der Waals surface area (Å²) in [7, 11) is 1.99. The van der Waals surface area contributed by atoms with Crippen LogP contribution in [0.2, 0.25) is 0 Å². The molecule has 0 aliphatic carbocycles. The minimum Gasteiger partial charge on any atom is -0.341 e. The largest absolute Gasteiger partial charge is 0.341 e. The van der Waals surface area contributed by atoms with Crippen molar-refractivity contribution in [3.05, 3.63) is 17.5 Å². The lowest BCUT2D eigenvalue weighted by Gasteiger charge is -2.33. The molecule has 5 nitrogen and oxygen atoms in total. The summed E-state index contributed by atoms with van der Waals surface area (Å²) in [5.41, 5.74) is 2.01. The highest BCUT2D eigenvalue weighted by atomic mass is 16.2. The van der Waals surface area contributed by atoms with Gasteiger partial charge in [0.15, 0.2) is 0 Å². The fraction of sp³-hybridized carbons (Fsp3) is 0.714. The Labute approximate surface area is 115 Å². The molecule has 106 valence electrons. The molecule has 1 fully saturated rings. The van der Waals surface area contributed by atoms with Gasteiger partial charge in [-0.3, -0.25) is 9.48 Å². The number of nitrogens with zero attached hydrogens (tertiary/aromatic N) is 3. The van der Waals surface area contributed by atoms with Crippen LogP contribution in [0.3, 0.4) is 0 Å². The molecule has 2 heterocycles. The monoisotopic (exact) mass is 264 g/mol. The standard InChI is InChI=1S/C14H24N4O/c1-10-9-11(2)18(16-10)12(3)14(19)17-7-5-13(15-4)6-8-17/h9,12-13,15H,5-8H2,1-4H3/t12-/m1/s1. The molecule has 0 bridgehead atoms. The Balaban J connectivity index is 2.02. The number of hydrogen-bond donors (Lipinski definition) is 1. The van der Waals surface area contributed by atoms with Gasteiger partial charge in [0, 0.05) is 24.8 Å². The van der Waals surface area contributed by atoms with Gasteiger partial charge in [-0.05, 0) is 46.7 Å². The predicted octanol–water partition coefficient (Wildman–Crippen LogP) is 1.27. The van der Waals surface area contributed by atoms with E-state index in [1.54, 1.807) is 0 Å². The van der Waals surface area contributed by atoms with E-state index in [4.69, 9.17) is 0 Å². The molecule has 0 unspecified atom stereocenters. The first-order valence-electron chi connectivity index (χ1n) is 7.01. The van der Waals surface area contributed by atoms with E-state index in [1.165, 1.54) is 0 Å². The van der Waals surface area contributed by atoms with Gasteiger partial charge in [0.1, 0.15) is 6.04 Å². The second-order valence-corrected chi connectivity index (χ2v) is 5.44. The Kier molecular flexibility index (Phi) is 4.24. The zero-order valence-electron chi connectivity index (χ0n) is 12.3. The van der Waals surface area contributed by atoms with Crippen LogP contribution in [0.15, 0.2) is 6.07 Å². The van der Waals surface area contributed by atoms with E-state index in [2.05, 4.69) is 10.4 Å². The molecule has 1 N–H and O–H groups in total. The molecular weight excluding hydrogens is 240 g/mol. The molecule has 1 saturated heterocycles. The van der Waals surface area contributed by atoms with Crippen molar-refractivity contribution >= 4 is 5.91 Å². The molecule has 1 aromatic heterocycles. The second-order valence-electron chi connectivity index (χ2n) is 5.44. The quantitative estimate of drug-likeness (QED) is 0.894. The van der Waals surface area contributed by atoms with E-state index in [-0.39, 0.29) is 11.9 Å². The number of aromatic nitrogens is 2. The van der Waals surface area contributed by atoms with Crippen molar-refractivity contribution in [2.75, 3.05) is 20.1 Å². The van der Waals surface area contributed by atoms with Crippen molar-refractivity contribution in [1.82, 2.24) is 20.0 Å². The van der Waals surface area contributed by atoms with E-state index in [9.17, 15) is 4.79 Å². The minimum atomic E-state index is -0.208. The van der Waals surface area contributed by atoms with E-state index in [1.807, 2.05) is 43.5 Å². The number of amides is 1. The van der Waals surface area contributed by atoms with Gasteiger partial charge in [-0.1, -0.05) is 0 Å². The van der Waals surface area contributed by atoms with Gasteiger partial charge in [-0.25, -0.2) is 0 Å². The maximum Gasteiger partial charge on any atom is 0.247 e. The highest BCUT2D eigenvalue weighted by molar-refractivity contribution is 5.80. The number of carbonyl (C=O) groups excluding carboxylic acids is 1. The number of rotatable bonds is 3. The third-order valence-corrected chi connectivity index (χ3v) is 3.98. The average Bonchev–Trinajstić information content (AvgIpc) is 2.76. The average molecular weight is 264 g/mol. The van der Waals surface area contributed by atoms with Crippen LogP contribution in [0.4, 0.5) is 0 Å². The normalized spacial score (nSPS) is 18.6. The summed E-state index contributed by atoms with van der Waals surface area (Å²) in [6, 6.07) is 2.35. The minimum absolute atomic E-state index is 0.181. The lowest BCUT2D eigenvalue weighted by Crippen LogP contribution is -2.46. The SMILES string of the molecule is CNC1CCN(C(=O)[C@@H](C)n2nc(C)cc2C)CC1. The van der Waals surface area contributed by atoms with Crippen molar-refractivity contribution in [1.29, 1.82) is 0 Å². The van der Waals surface area contributed by atoms with Crippen LogP contribution < -0.4 is 5.32 Å². The van der Waals surface area contributed by atoms with Crippen LogP contribution in [-0.4, -0.2) is 46.8 Å². The summed E-state index contributed by atoms with van der Waals surface area (Å²) in [6.07, 6.45) is 2.07. The second kappa shape index (κ2) is 5.74. The van der Waals surface area contributed by atoms with Gasteiger partial charge in [0.25, 0.3) is 0 Å². The Bertz CT molecular complexity index is 446. The molecule has 0 radical (unpaired) electrons. The van der Waals surface area contributed by atoms with Crippen LogP contribution in [0.5, 0.6) is 0 Å². The van der Waals surface area contributed by atoms with Crippen LogP contribution >= 0.6 is 0 Å². The van der Waals surface area contributed by atoms with Gasteiger partial charge in [-0.2, -0.15) is 5.10 Å². The lowest BCUT2D eigenvalue weighted by atomic mass is 10.0. The fourth-order valence-corrected chi connectivity index (χ4v) is 2.80. The molecule has 1 aliphatic heterocycles. The Morgan fingerprint density at radius 1 is 1.42 bits per heavy atom. The first kappa shape index (κ1) is 14.1. The topological polar surface area (TPSA) is 50.2 Å². The highest BCUT2D eigenvalue weighted by Gasteiger charge is 2.27. The molecule has 2 rings (SSSR count). The fourth-order valence-electron chi connectivity index (χ4n) is 2.80. The molecule has 1 amide bonds. The van der Waals surface area contributed by atoms with Crippen LogP contribution in [0, 0.1) is 13.8 Å². The molecule has 19 heavy (non-hydrogen) atoms. The van der Waals surface area contributed by atoms with E-state index in [0.717, 1.165) is 37.3 Å². The van der Waals surface area contributed by atoms with E-state index < -0.39 is 0 Å². The Morgan fingerprint density at radius 3 is 2.53 bits per heavy atom. The number of carbonyl (C=O) groups is 1. The van der Waals surface area contributed by atoms with Gasteiger partial charge >= 0.3 is 0 Å². The summed E-state index contributed by atoms with van der Waals surface area (Å²) in [5, 5.41) is 7.70. The zero-order chi connectivity index (χ0) is 14.0. The van der Waals surface area contributed by atoms with Gasteiger partial charge in [-0.15, -0.1) is 0 Å². The molecule has 0 spiro atoms. The third kappa shape index (κ3) is 2.97. The van der Waals surface area contributed by atoms with Crippen LogP contribution in [0.1, 0.15) is 37.2 Å². The van der Waals surface area contributed by atoms with Crippen molar-refractivity contribution in [3.63, 3.8) is 0 Å². The van der Waals surface area contributed by atoms with E-state index in [0.29, 0.717) is 6.04 Å². The van der Waals surface area contributed by atoms with Crippen molar-refractivity contribution in [2.24, 2.45) is 0 Å². The maximum atomic E-state index is 12.5. The Hall–Kier alpha value is -1.36. The van der Waals surface area contributed by atoms with Gasteiger partial charge in [0.2, 0.25) is 5.91 Å². The number of likely N-dealkylation sites (tertiary alicyclic amines) is 1. The smallest absolute Gasteiger partial charge is 0.247 e. The summed E-state index contributed by atoms with van der Waals surface area (Å²) in [4.78, 5) is 14.5. The van der Waals surface area contributed by atoms with Crippen molar-refractivity contribution in [3.8, 4) is 0 Å². The molecule has 0 aromatic carbocycles. The summed E-state index contributed by atoms with van der Waals surface area (Å²) in [5.74, 6) is 0.181.